The fourth-order valence-corrected chi connectivity index (χ4v) is 4.28. The Morgan fingerprint density at radius 2 is 1.81 bits per heavy atom. The summed E-state index contributed by atoms with van der Waals surface area (Å²) < 4.78 is 1.70. The van der Waals surface area contributed by atoms with Crippen LogP contribution in [-0.2, 0) is 6.54 Å². The zero-order chi connectivity index (χ0) is 25.2. The lowest BCUT2D eigenvalue weighted by Crippen LogP contribution is -2.24. The van der Waals surface area contributed by atoms with Crippen LogP contribution in [0.5, 0.6) is 5.75 Å². The number of phenolic OH excluding ortho intramolecular Hbond substituents is 1. The van der Waals surface area contributed by atoms with Crippen molar-refractivity contribution in [2.75, 3.05) is 11.1 Å². The Morgan fingerprint density at radius 1 is 1.03 bits per heavy atom. The molecule has 5 rings (SSSR count). The van der Waals surface area contributed by atoms with Crippen LogP contribution in [0, 0.1) is 12.3 Å². The third kappa shape index (κ3) is 4.16. The van der Waals surface area contributed by atoms with Crippen molar-refractivity contribution in [3.05, 3.63) is 118 Å². The number of hydrogen-bond acceptors (Lipinski definition) is 7. The predicted octanol–water partition coefficient (Wildman–Crippen LogP) is 4.41. The van der Waals surface area contributed by atoms with Crippen LogP contribution in [0.15, 0.2) is 90.0 Å². The lowest BCUT2D eigenvalue weighted by molar-refractivity contribution is 0.475. The second kappa shape index (κ2) is 9.34. The van der Waals surface area contributed by atoms with E-state index in [1.54, 1.807) is 16.7 Å². The first-order valence-corrected chi connectivity index (χ1v) is 11.4. The lowest BCUT2D eigenvalue weighted by Gasteiger charge is -2.18. The number of nitrogens with zero attached hydrogens (tertiary/aromatic N) is 3. The lowest BCUT2D eigenvalue weighted by atomic mass is 10.0. The second-order valence-electron chi connectivity index (χ2n) is 8.41. The molecular formula is C28H24N6O2. The Kier molecular flexibility index (Phi) is 5.92. The standard InChI is InChI=1S/C28H24N6O2/c1-17-7-2-5-12-23(17)34-20(13-18-8-3-4-11-22(18)28(34)36)15-31-27-24(26(30)32-16-33-27)25(29)19-9-6-10-21(35)14-19/h2-14,16,29,35H,15H2,1H3,(H3,30,31,32,33). The molecule has 0 fully saturated rings. The van der Waals surface area contributed by atoms with Gasteiger partial charge in [0.15, 0.2) is 0 Å². The van der Waals surface area contributed by atoms with Gasteiger partial charge in [-0.05, 0) is 48.2 Å². The monoisotopic (exact) mass is 476 g/mol. The summed E-state index contributed by atoms with van der Waals surface area (Å²) in [6, 6.07) is 23.6. The highest BCUT2D eigenvalue weighted by atomic mass is 16.3. The van der Waals surface area contributed by atoms with Crippen LogP contribution in [0.25, 0.3) is 16.5 Å². The van der Waals surface area contributed by atoms with Crippen molar-refractivity contribution in [3.8, 4) is 11.4 Å². The van der Waals surface area contributed by atoms with Gasteiger partial charge in [-0.15, -0.1) is 0 Å². The molecule has 0 saturated carbocycles. The fraction of sp³-hybridized carbons (Fsp3) is 0.0714. The van der Waals surface area contributed by atoms with Gasteiger partial charge in [-0.25, -0.2) is 9.97 Å². The number of rotatable bonds is 6. The van der Waals surface area contributed by atoms with E-state index in [1.165, 1.54) is 18.5 Å². The van der Waals surface area contributed by atoms with E-state index in [4.69, 9.17) is 11.1 Å². The van der Waals surface area contributed by atoms with E-state index in [0.717, 1.165) is 22.3 Å². The minimum Gasteiger partial charge on any atom is -0.508 e. The molecule has 0 aliphatic carbocycles. The molecule has 178 valence electrons. The number of aromatic nitrogens is 3. The summed E-state index contributed by atoms with van der Waals surface area (Å²) in [5.74, 6) is 0.532. The average Bonchev–Trinajstić information content (AvgIpc) is 2.88. The number of nitrogens with two attached hydrogens (primary N) is 1. The molecule has 2 aromatic heterocycles. The van der Waals surface area contributed by atoms with E-state index in [-0.39, 0.29) is 29.4 Å². The first-order chi connectivity index (χ1) is 17.4. The molecule has 8 nitrogen and oxygen atoms in total. The van der Waals surface area contributed by atoms with Crippen LogP contribution in [0.4, 0.5) is 11.6 Å². The third-order valence-electron chi connectivity index (χ3n) is 6.06. The smallest absolute Gasteiger partial charge is 0.263 e. The number of benzene rings is 3. The van der Waals surface area contributed by atoms with Gasteiger partial charge < -0.3 is 16.2 Å². The molecule has 0 amide bonds. The van der Waals surface area contributed by atoms with Crippen LogP contribution < -0.4 is 16.6 Å². The predicted molar refractivity (Wildman–Crippen MR) is 142 cm³/mol. The summed E-state index contributed by atoms with van der Waals surface area (Å²) in [6.07, 6.45) is 1.33. The Balaban J connectivity index is 1.59. The molecule has 0 aliphatic heterocycles. The first-order valence-electron chi connectivity index (χ1n) is 11.4. The molecule has 0 radical (unpaired) electrons. The molecule has 0 atom stereocenters. The van der Waals surface area contributed by atoms with Gasteiger partial charge in [0.05, 0.1) is 23.5 Å². The molecule has 0 unspecified atom stereocenters. The highest BCUT2D eigenvalue weighted by molar-refractivity contribution is 6.16. The van der Waals surface area contributed by atoms with E-state index in [2.05, 4.69) is 15.3 Å². The van der Waals surface area contributed by atoms with E-state index in [9.17, 15) is 9.90 Å². The van der Waals surface area contributed by atoms with Crippen molar-refractivity contribution in [2.24, 2.45) is 0 Å². The average molecular weight is 477 g/mol. The number of nitrogens with one attached hydrogen (secondary N) is 2. The molecule has 0 bridgehead atoms. The van der Waals surface area contributed by atoms with Crippen molar-refractivity contribution in [1.82, 2.24) is 14.5 Å². The van der Waals surface area contributed by atoms with Gasteiger partial charge in [-0.3, -0.25) is 14.8 Å². The quantitative estimate of drug-likeness (QED) is 0.269. The molecule has 5 N–H and O–H groups in total. The van der Waals surface area contributed by atoms with Crippen LogP contribution >= 0.6 is 0 Å². The number of anilines is 2. The zero-order valence-electron chi connectivity index (χ0n) is 19.6. The molecule has 0 aliphatic rings. The van der Waals surface area contributed by atoms with Crippen LogP contribution in [0.1, 0.15) is 22.4 Å². The van der Waals surface area contributed by atoms with Crippen molar-refractivity contribution < 1.29 is 5.11 Å². The van der Waals surface area contributed by atoms with Crippen molar-refractivity contribution in [3.63, 3.8) is 0 Å². The van der Waals surface area contributed by atoms with E-state index in [1.807, 2.05) is 61.5 Å². The highest BCUT2D eigenvalue weighted by Crippen LogP contribution is 2.25. The maximum atomic E-state index is 13.6. The number of aryl methyl sites for hydroxylation is 1. The minimum absolute atomic E-state index is 0.0422. The van der Waals surface area contributed by atoms with E-state index in [0.29, 0.717) is 22.3 Å². The summed E-state index contributed by atoms with van der Waals surface area (Å²) in [6.45, 7) is 2.21. The molecule has 36 heavy (non-hydrogen) atoms. The number of phenols is 1. The summed E-state index contributed by atoms with van der Waals surface area (Å²) >= 11 is 0. The fourth-order valence-electron chi connectivity index (χ4n) is 4.28. The molecule has 3 aromatic carbocycles. The topological polar surface area (TPSA) is 130 Å². The molecular weight excluding hydrogens is 452 g/mol. The van der Waals surface area contributed by atoms with Gasteiger partial charge >= 0.3 is 0 Å². The summed E-state index contributed by atoms with van der Waals surface area (Å²) in [7, 11) is 0. The normalized spacial score (nSPS) is 10.9. The summed E-state index contributed by atoms with van der Waals surface area (Å²) in [4.78, 5) is 22.0. The van der Waals surface area contributed by atoms with Crippen LogP contribution in [0.3, 0.4) is 0 Å². The summed E-state index contributed by atoms with van der Waals surface area (Å²) in [5.41, 5.74) is 9.38. The number of hydrogen-bond donors (Lipinski definition) is 4. The Bertz CT molecular complexity index is 1680. The van der Waals surface area contributed by atoms with Gasteiger partial charge in [0, 0.05) is 16.6 Å². The number of pyridine rings is 1. The first kappa shape index (κ1) is 22.8. The minimum atomic E-state index is -0.117. The molecule has 8 heteroatoms. The van der Waals surface area contributed by atoms with Gasteiger partial charge in [-0.1, -0.05) is 48.5 Å². The molecule has 0 spiro atoms. The van der Waals surface area contributed by atoms with Gasteiger partial charge in [0.2, 0.25) is 0 Å². The SMILES string of the molecule is Cc1ccccc1-n1c(CNc2ncnc(N)c2C(=N)c2cccc(O)c2)cc2ccccc2c1=O. The van der Waals surface area contributed by atoms with Gasteiger partial charge in [0.1, 0.15) is 23.7 Å². The largest absolute Gasteiger partial charge is 0.508 e. The van der Waals surface area contributed by atoms with Crippen molar-refractivity contribution in [1.29, 1.82) is 5.41 Å². The molecule has 5 aromatic rings. The number of nitrogen functional groups attached to an aromatic ring is 1. The highest BCUT2D eigenvalue weighted by Gasteiger charge is 2.18. The number of para-hydroxylation sites is 1. The molecule has 0 saturated heterocycles. The molecule has 2 heterocycles. The van der Waals surface area contributed by atoms with Crippen molar-refractivity contribution >= 4 is 28.1 Å². The maximum absolute atomic E-state index is 13.6. The zero-order valence-corrected chi connectivity index (χ0v) is 19.6. The van der Waals surface area contributed by atoms with E-state index < -0.39 is 0 Å². The van der Waals surface area contributed by atoms with Gasteiger partial charge in [0.25, 0.3) is 5.56 Å². The number of fused-ring (bicyclic) bond motifs is 1. The Hall–Kier alpha value is -4.98. The Labute approximate surface area is 207 Å². The number of aromatic hydroxyl groups is 1. The van der Waals surface area contributed by atoms with E-state index >= 15 is 0 Å². The second-order valence-corrected chi connectivity index (χ2v) is 8.41. The maximum Gasteiger partial charge on any atom is 0.263 e. The van der Waals surface area contributed by atoms with Gasteiger partial charge in [-0.2, -0.15) is 0 Å². The third-order valence-corrected chi connectivity index (χ3v) is 6.06. The summed E-state index contributed by atoms with van der Waals surface area (Å²) in [5, 5.41) is 23.3. The van der Waals surface area contributed by atoms with Crippen LogP contribution in [0.2, 0.25) is 0 Å². The Morgan fingerprint density at radius 3 is 2.61 bits per heavy atom. The van der Waals surface area contributed by atoms with Crippen molar-refractivity contribution in [2.45, 2.75) is 13.5 Å². The van der Waals surface area contributed by atoms with Crippen LogP contribution in [-0.4, -0.2) is 25.4 Å².